The summed E-state index contributed by atoms with van der Waals surface area (Å²) in [7, 11) is 0. The maximum absolute atomic E-state index is 11.9. The predicted molar refractivity (Wildman–Crippen MR) is 71.3 cm³/mol. The molecule has 1 saturated heterocycles. The molecular formula is C13H25N3O2. The molecule has 0 aromatic carbocycles. The van der Waals surface area contributed by atoms with E-state index >= 15 is 0 Å². The molecule has 1 N–H and O–H groups in total. The molecule has 0 aromatic rings. The molecule has 1 heterocycles. The summed E-state index contributed by atoms with van der Waals surface area (Å²) in [4.78, 5) is 27.3. The lowest BCUT2D eigenvalue weighted by molar-refractivity contribution is -0.132. The molecular weight excluding hydrogens is 230 g/mol. The van der Waals surface area contributed by atoms with E-state index in [1.807, 2.05) is 32.6 Å². The van der Waals surface area contributed by atoms with E-state index in [1.54, 1.807) is 4.90 Å². The Hall–Kier alpha value is -1.26. The van der Waals surface area contributed by atoms with Gasteiger partial charge in [0, 0.05) is 38.1 Å². The molecule has 0 radical (unpaired) electrons. The summed E-state index contributed by atoms with van der Waals surface area (Å²) in [6.45, 7) is 10.4. The first-order chi connectivity index (χ1) is 8.33. The van der Waals surface area contributed by atoms with Crippen LogP contribution in [-0.4, -0.2) is 53.5 Å². The van der Waals surface area contributed by atoms with Crippen molar-refractivity contribution in [1.29, 1.82) is 0 Å². The van der Waals surface area contributed by atoms with E-state index < -0.39 is 0 Å². The van der Waals surface area contributed by atoms with Gasteiger partial charge >= 0.3 is 6.03 Å². The Bertz CT molecular complexity index is 302. The first-order valence-corrected chi connectivity index (χ1v) is 6.68. The molecule has 5 heteroatoms. The summed E-state index contributed by atoms with van der Waals surface area (Å²) in [5, 5.41) is 2.94. The minimum absolute atomic E-state index is 0.0370. The molecule has 5 nitrogen and oxygen atoms in total. The zero-order valence-corrected chi connectivity index (χ0v) is 12.0. The molecule has 0 aromatic heterocycles. The second kappa shape index (κ2) is 6.07. The number of hydrogen-bond acceptors (Lipinski definition) is 2. The van der Waals surface area contributed by atoms with Crippen LogP contribution < -0.4 is 5.32 Å². The van der Waals surface area contributed by atoms with Gasteiger partial charge in [-0.2, -0.15) is 0 Å². The van der Waals surface area contributed by atoms with Gasteiger partial charge in [-0.05, 0) is 27.2 Å². The van der Waals surface area contributed by atoms with Crippen LogP contribution >= 0.6 is 0 Å². The van der Waals surface area contributed by atoms with Crippen molar-refractivity contribution in [3.8, 4) is 0 Å². The minimum Gasteiger partial charge on any atom is -0.339 e. The van der Waals surface area contributed by atoms with Crippen molar-refractivity contribution in [2.75, 3.05) is 26.2 Å². The summed E-state index contributed by atoms with van der Waals surface area (Å²) in [5.41, 5.74) is -0.216. The highest BCUT2D eigenvalue weighted by Gasteiger charge is 2.25. The van der Waals surface area contributed by atoms with Gasteiger partial charge in [0.05, 0.1) is 0 Å². The van der Waals surface area contributed by atoms with Crippen LogP contribution in [0, 0.1) is 0 Å². The summed E-state index contributed by atoms with van der Waals surface area (Å²) in [6.07, 6.45) is 1.48. The second-order valence-corrected chi connectivity index (χ2v) is 5.80. The second-order valence-electron chi connectivity index (χ2n) is 5.80. The van der Waals surface area contributed by atoms with Gasteiger partial charge in [-0.3, -0.25) is 4.79 Å². The quantitative estimate of drug-likeness (QED) is 0.811. The van der Waals surface area contributed by atoms with Crippen LogP contribution in [0.3, 0.4) is 0 Å². The fourth-order valence-electron chi connectivity index (χ4n) is 1.93. The van der Waals surface area contributed by atoms with Crippen LogP contribution in [0.2, 0.25) is 0 Å². The number of urea groups is 1. The Morgan fingerprint density at radius 3 is 2.00 bits per heavy atom. The van der Waals surface area contributed by atoms with E-state index in [2.05, 4.69) is 5.32 Å². The van der Waals surface area contributed by atoms with Gasteiger partial charge in [-0.25, -0.2) is 4.79 Å². The van der Waals surface area contributed by atoms with Gasteiger partial charge in [0.2, 0.25) is 5.91 Å². The topological polar surface area (TPSA) is 52.7 Å². The van der Waals surface area contributed by atoms with Crippen molar-refractivity contribution < 1.29 is 9.59 Å². The minimum atomic E-state index is -0.216. The lowest BCUT2D eigenvalue weighted by Crippen LogP contribution is -2.55. The smallest absolute Gasteiger partial charge is 0.317 e. The highest BCUT2D eigenvalue weighted by atomic mass is 16.2. The Kier molecular flexibility index (Phi) is 4.99. The Morgan fingerprint density at radius 1 is 1.06 bits per heavy atom. The van der Waals surface area contributed by atoms with Gasteiger partial charge in [0.1, 0.15) is 0 Å². The number of piperazine rings is 1. The largest absolute Gasteiger partial charge is 0.339 e. The maximum atomic E-state index is 11.9. The number of nitrogens with one attached hydrogen (secondary N) is 1. The molecule has 1 rings (SSSR count). The molecule has 104 valence electrons. The summed E-state index contributed by atoms with van der Waals surface area (Å²) in [5.74, 6) is 0.202. The molecule has 0 bridgehead atoms. The number of rotatable bonds is 2. The molecule has 0 spiro atoms. The first kappa shape index (κ1) is 14.8. The fourth-order valence-corrected chi connectivity index (χ4v) is 1.93. The summed E-state index contributed by atoms with van der Waals surface area (Å²) >= 11 is 0. The first-order valence-electron chi connectivity index (χ1n) is 6.68. The molecule has 0 aliphatic carbocycles. The third-order valence-electron chi connectivity index (χ3n) is 2.87. The maximum Gasteiger partial charge on any atom is 0.317 e. The number of nitrogens with zero attached hydrogens (tertiary/aromatic N) is 2. The molecule has 1 aliphatic rings. The molecule has 1 fully saturated rings. The van der Waals surface area contributed by atoms with E-state index in [1.165, 1.54) is 0 Å². The van der Waals surface area contributed by atoms with Crippen molar-refractivity contribution in [1.82, 2.24) is 15.1 Å². The molecule has 3 amide bonds. The Balaban J connectivity index is 2.39. The van der Waals surface area contributed by atoms with Crippen LogP contribution in [0.25, 0.3) is 0 Å². The van der Waals surface area contributed by atoms with Crippen LogP contribution in [0.1, 0.15) is 40.5 Å². The lowest BCUT2D eigenvalue weighted by Gasteiger charge is -2.36. The molecule has 0 atom stereocenters. The SMILES string of the molecule is CCCC(=O)N1CCN(C(=O)NC(C)(C)C)CC1. The Morgan fingerprint density at radius 2 is 1.56 bits per heavy atom. The Labute approximate surface area is 110 Å². The monoisotopic (exact) mass is 255 g/mol. The average Bonchev–Trinajstić information content (AvgIpc) is 2.27. The molecule has 18 heavy (non-hydrogen) atoms. The lowest BCUT2D eigenvalue weighted by atomic mass is 10.1. The molecule has 1 aliphatic heterocycles. The van der Waals surface area contributed by atoms with Crippen LogP contribution in [-0.2, 0) is 4.79 Å². The molecule has 0 unspecified atom stereocenters. The van der Waals surface area contributed by atoms with Gasteiger partial charge < -0.3 is 15.1 Å². The van der Waals surface area contributed by atoms with Crippen LogP contribution in [0.15, 0.2) is 0 Å². The van der Waals surface area contributed by atoms with Crippen molar-refractivity contribution in [2.24, 2.45) is 0 Å². The highest BCUT2D eigenvalue weighted by Crippen LogP contribution is 2.07. The number of amides is 3. The van der Waals surface area contributed by atoms with E-state index in [9.17, 15) is 9.59 Å². The predicted octanol–water partition coefficient (Wildman–Crippen LogP) is 1.44. The molecule has 0 saturated carbocycles. The summed E-state index contributed by atoms with van der Waals surface area (Å²) in [6, 6.07) is -0.0370. The van der Waals surface area contributed by atoms with Gasteiger partial charge in [-0.15, -0.1) is 0 Å². The van der Waals surface area contributed by atoms with E-state index in [0.29, 0.717) is 32.6 Å². The highest BCUT2D eigenvalue weighted by molar-refractivity contribution is 5.77. The van der Waals surface area contributed by atoms with Gasteiger partial charge in [-0.1, -0.05) is 6.92 Å². The average molecular weight is 255 g/mol. The van der Waals surface area contributed by atoms with Gasteiger partial charge in [0.25, 0.3) is 0 Å². The van der Waals surface area contributed by atoms with Crippen LogP contribution in [0.5, 0.6) is 0 Å². The number of hydrogen-bond donors (Lipinski definition) is 1. The zero-order chi connectivity index (χ0) is 13.8. The van der Waals surface area contributed by atoms with E-state index in [-0.39, 0.29) is 17.5 Å². The summed E-state index contributed by atoms with van der Waals surface area (Å²) < 4.78 is 0. The third-order valence-corrected chi connectivity index (χ3v) is 2.87. The fraction of sp³-hybridized carbons (Fsp3) is 0.846. The van der Waals surface area contributed by atoms with Gasteiger partial charge in [0.15, 0.2) is 0 Å². The van der Waals surface area contributed by atoms with Crippen molar-refractivity contribution >= 4 is 11.9 Å². The van der Waals surface area contributed by atoms with E-state index in [0.717, 1.165) is 6.42 Å². The van der Waals surface area contributed by atoms with Crippen molar-refractivity contribution in [3.63, 3.8) is 0 Å². The number of carbonyl (C=O) groups excluding carboxylic acids is 2. The number of carbonyl (C=O) groups is 2. The standard InChI is InChI=1S/C13H25N3O2/c1-5-6-11(17)15-7-9-16(10-8-15)12(18)14-13(2,3)4/h5-10H2,1-4H3,(H,14,18). The zero-order valence-electron chi connectivity index (χ0n) is 12.0. The third kappa shape index (κ3) is 4.55. The van der Waals surface area contributed by atoms with Crippen molar-refractivity contribution in [3.05, 3.63) is 0 Å². The van der Waals surface area contributed by atoms with E-state index in [4.69, 9.17) is 0 Å². The normalized spacial score (nSPS) is 16.7. The van der Waals surface area contributed by atoms with Crippen LogP contribution in [0.4, 0.5) is 4.79 Å². The van der Waals surface area contributed by atoms with Crippen molar-refractivity contribution in [2.45, 2.75) is 46.1 Å².